The molecule has 1 N–H and O–H groups in total. The average molecular weight is 434 g/mol. The number of hydrogen-bond acceptors (Lipinski definition) is 6. The van der Waals surface area contributed by atoms with E-state index in [-0.39, 0.29) is 11.6 Å². The molecule has 0 unspecified atom stereocenters. The highest BCUT2D eigenvalue weighted by Gasteiger charge is 2.24. The van der Waals surface area contributed by atoms with Gasteiger partial charge in [-0.25, -0.2) is 4.99 Å². The SMILES string of the molecule is COc1cccc(/C=C2/SC(=Nc3ccc([N+](=O)[O-])cc3Br)NC2=O)c1. The van der Waals surface area contributed by atoms with Gasteiger partial charge in [-0.15, -0.1) is 0 Å². The van der Waals surface area contributed by atoms with Gasteiger partial charge in [0.15, 0.2) is 5.17 Å². The molecule has 1 heterocycles. The summed E-state index contributed by atoms with van der Waals surface area (Å²) in [5.74, 6) is 0.445. The lowest BCUT2D eigenvalue weighted by Crippen LogP contribution is -2.19. The molecule has 1 aliphatic heterocycles. The number of thioether (sulfide) groups is 1. The number of hydrogen-bond donors (Lipinski definition) is 1. The Hall–Kier alpha value is -2.65. The zero-order valence-corrected chi connectivity index (χ0v) is 15.8. The van der Waals surface area contributed by atoms with Crippen LogP contribution in [0.3, 0.4) is 0 Å². The number of nitro groups is 1. The van der Waals surface area contributed by atoms with Gasteiger partial charge in [-0.1, -0.05) is 12.1 Å². The summed E-state index contributed by atoms with van der Waals surface area (Å²) in [4.78, 5) is 27.3. The molecule has 0 spiro atoms. The van der Waals surface area contributed by atoms with Crippen molar-refractivity contribution < 1.29 is 14.5 Å². The highest BCUT2D eigenvalue weighted by atomic mass is 79.9. The number of aliphatic imine (C=N–C) groups is 1. The third kappa shape index (κ3) is 4.12. The van der Waals surface area contributed by atoms with Gasteiger partial charge in [0.05, 0.1) is 27.1 Å². The lowest BCUT2D eigenvalue weighted by molar-refractivity contribution is -0.384. The molecule has 1 fully saturated rings. The molecular weight excluding hydrogens is 422 g/mol. The number of carbonyl (C=O) groups is 1. The number of rotatable bonds is 4. The van der Waals surface area contributed by atoms with Crippen LogP contribution in [0.5, 0.6) is 5.75 Å². The van der Waals surface area contributed by atoms with E-state index < -0.39 is 4.92 Å². The molecule has 0 bridgehead atoms. The van der Waals surface area contributed by atoms with Crippen molar-refractivity contribution in [3.05, 3.63) is 67.5 Å². The molecule has 3 rings (SSSR count). The van der Waals surface area contributed by atoms with Crippen LogP contribution >= 0.6 is 27.7 Å². The zero-order chi connectivity index (χ0) is 18.7. The molecule has 0 aromatic heterocycles. The van der Waals surface area contributed by atoms with Gasteiger partial charge >= 0.3 is 0 Å². The van der Waals surface area contributed by atoms with E-state index in [4.69, 9.17) is 4.74 Å². The second kappa shape index (κ2) is 7.71. The van der Waals surface area contributed by atoms with Crippen LogP contribution in [-0.4, -0.2) is 23.1 Å². The number of nitro benzene ring substituents is 1. The van der Waals surface area contributed by atoms with E-state index in [2.05, 4.69) is 26.2 Å². The van der Waals surface area contributed by atoms with Gasteiger partial charge in [0.25, 0.3) is 11.6 Å². The lowest BCUT2D eigenvalue weighted by atomic mass is 10.2. The first kappa shape index (κ1) is 18.2. The Kier molecular flexibility index (Phi) is 5.38. The number of benzene rings is 2. The van der Waals surface area contributed by atoms with Gasteiger partial charge in [0.2, 0.25) is 0 Å². The number of non-ortho nitro benzene ring substituents is 1. The fourth-order valence-electron chi connectivity index (χ4n) is 2.17. The van der Waals surface area contributed by atoms with Crippen molar-refractivity contribution in [1.29, 1.82) is 0 Å². The number of methoxy groups -OCH3 is 1. The molecule has 1 aliphatic rings. The molecule has 0 saturated carbocycles. The fourth-order valence-corrected chi connectivity index (χ4v) is 3.46. The van der Waals surface area contributed by atoms with E-state index in [1.807, 2.05) is 24.3 Å². The number of nitrogens with one attached hydrogen (secondary N) is 1. The Morgan fingerprint density at radius 3 is 2.81 bits per heavy atom. The van der Waals surface area contributed by atoms with Crippen LogP contribution in [0.2, 0.25) is 0 Å². The molecule has 2 aromatic carbocycles. The topological polar surface area (TPSA) is 93.8 Å². The maximum Gasteiger partial charge on any atom is 0.270 e. The fraction of sp³-hybridized carbons (Fsp3) is 0.0588. The minimum atomic E-state index is -0.483. The Morgan fingerprint density at radius 1 is 1.31 bits per heavy atom. The summed E-state index contributed by atoms with van der Waals surface area (Å²) in [6.07, 6.45) is 1.75. The lowest BCUT2D eigenvalue weighted by Gasteiger charge is -2.00. The molecule has 0 aliphatic carbocycles. The second-order valence-corrected chi connectivity index (χ2v) is 7.04. The summed E-state index contributed by atoms with van der Waals surface area (Å²) in [6.45, 7) is 0. The third-order valence-corrected chi connectivity index (χ3v) is 4.95. The summed E-state index contributed by atoms with van der Waals surface area (Å²) in [5.41, 5.74) is 1.28. The van der Waals surface area contributed by atoms with Crippen LogP contribution in [0.4, 0.5) is 11.4 Å². The van der Waals surface area contributed by atoms with Gasteiger partial charge < -0.3 is 10.1 Å². The summed E-state index contributed by atoms with van der Waals surface area (Å²) < 4.78 is 5.64. The average Bonchev–Trinajstić information content (AvgIpc) is 2.96. The van der Waals surface area contributed by atoms with E-state index in [1.54, 1.807) is 13.2 Å². The molecular formula is C17H12BrN3O4S. The van der Waals surface area contributed by atoms with Gasteiger partial charge in [-0.3, -0.25) is 14.9 Å². The summed E-state index contributed by atoms with van der Waals surface area (Å²) in [6, 6.07) is 11.6. The quantitative estimate of drug-likeness (QED) is 0.441. The van der Waals surface area contributed by atoms with E-state index in [0.29, 0.717) is 26.0 Å². The van der Waals surface area contributed by atoms with E-state index in [0.717, 1.165) is 5.56 Å². The first-order valence-electron chi connectivity index (χ1n) is 7.34. The van der Waals surface area contributed by atoms with Crippen LogP contribution in [0.1, 0.15) is 5.56 Å². The first-order valence-corrected chi connectivity index (χ1v) is 8.95. The molecule has 1 saturated heterocycles. The van der Waals surface area contributed by atoms with E-state index in [1.165, 1.54) is 30.0 Å². The maximum atomic E-state index is 12.1. The van der Waals surface area contributed by atoms with Crippen molar-refractivity contribution in [3.8, 4) is 5.75 Å². The summed E-state index contributed by atoms with van der Waals surface area (Å²) in [7, 11) is 1.58. The van der Waals surface area contributed by atoms with E-state index >= 15 is 0 Å². The number of amides is 1. The standard InChI is InChI=1S/C17H12BrN3O4S/c1-25-12-4-2-3-10(7-12)8-15-16(22)20-17(26-15)19-14-6-5-11(21(23)24)9-13(14)18/h2-9H,1H3,(H,19,20,22)/b15-8+. The zero-order valence-electron chi connectivity index (χ0n) is 13.4. The molecule has 2 aromatic rings. The van der Waals surface area contributed by atoms with Crippen molar-refractivity contribution in [3.63, 3.8) is 0 Å². The molecule has 1 amide bonds. The molecule has 9 heteroatoms. The number of ether oxygens (including phenoxy) is 1. The van der Waals surface area contributed by atoms with Crippen LogP contribution in [-0.2, 0) is 4.79 Å². The smallest absolute Gasteiger partial charge is 0.270 e. The minimum Gasteiger partial charge on any atom is -0.497 e. The number of carbonyl (C=O) groups excluding carboxylic acids is 1. The van der Waals surface area contributed by atoms with Gasteiger partial charge in [-0.05, 0) is 57.5 Å². The Labute approximate surface area is 161 Å². The summed E-state index contributed by atoms with van der Waals surface area (Å²) >= 11 is 4.46. The Balaban J connectivity index is 1.84. The van der Waals surface area contributed by atoms with Crippen molar-refractivity contribution in [2.75, 3.05) is 7.11 Å². The second-order valence-electron chi connectivity index (χ2n) is 5.15. The molecule has 0 atom stereocenters. The van der Waals surface area contributed by atoms with Crippen molar-refractivity contribution >= 4 is 56.2 Å². The third-order valence-electron chi connectivity index (χ3n) is 3.41. The maximum absolute atomic E-state index is 12.1. The Morgan fingerprint density at radius 2 is 2.12 bits per heavy atom. The van der Waals surface area contributed by atoms with Gasteiger partial charge in [0.1, 0.15) is 5.75 Å². The number of nitrogens with zero attached hydrogens (tertiary/aromatic N) is 2. The molecule has 26 heavy (non-hydrogen) atoms. The first-order chi connectivity index (χ1) is 12.5. The summed E-state index contributed by atoms with van der Waals surface area (Å²) in [5, 5.41) is 13.9. The van der Waals surface area contributed by atoms with E-state index in [9.17, 15) is 14.9 Å². The van der Waals surface area contributed by atoms with Gasteiger partial charge in [0, 0.05) is 12.1 Å². The molecule has 7 nitrogen and oxygen atoms in total. The monoisotopic (exact) mass is 433 g/mol. The highest BCUT2D eigenvalue weighted by molar-refractivity contribution is 9.10. The van der Waals surface area contributed by atoms with Crippen LogP contribution in [0, 0.1) is 10.1 Å². The minimum absolute atomic E-state index is 0.0393. The Bertz CT molecular complexity index is 959. The normalized spacial score (nSPS) is 16.8. The molecule has 0 radical (unpaired) electrons. The van der Waals surface area contributed by atoms with Crippen molar-refractivity contribution in [2.24, 2.45) is 4.99 Å². The highest BCUT2D eigenvalue weighted by Crippen LogP contribution is 2.33. The van der Waals surface area contributed by atoms with Crippen LogP contribution in [0.15, 0.2) is 56.8 Å². The predicted octanol–water partition coefficient (Wildman–Crippen LogP) is 4.26. The van der Waals surface area contributed by atoms with Crippen molar-refractivity contribution in [2.45, 2.75) is 0 Å². The van der Waals surface area contributed by atoms with Crippen molar-refractivity contribution in [1.82, 2.24) is 5.32 Å². The molecule has 132 valence electrons. The van der Waals surface area contributed by atoms with Crippen LogP contribution in [0.25, 0.3) is 6.08 Å². The number of halogens is 1. The van der Waals surface area contributed by atoms with Gasteiger partial charge in [-0.2, -0.15) is 0 Å². The largest absolute Gasteiger partial charge is 0.497 e. The number of amidine groups is 1. The van der Waals surface area contributed by atoms with Crippen LogP contribution < -0.4 is 10.1 Å². The predicted molar refractivity (Wildman–Crippen MR) is 105 cm³/mol.